The zero-order valence-electron chi connectivity index (χ0n) is 12.4. The molecule has 1 aromatic carbocycles. The summed E-state index contributed by atoms with van der Waals surface area (Å²) < 4.78 is 0. The van der Waals surface area contributed by atoms with E-state index in [1.165, 1.54) is 0 Å². The van der Waals surface area contributed by atoms with Crippen molar-refractivity contribution in [1.82, 2.24) is 5.32 Å². The molecule has 1 heterocycles. The van der Waals surface area contributed by atoms with Crippen molar-refractivity contribution >= 4 is 11.6 Å². The molecule has 3 heteroatoms. The third-order valence-corrected chi connectivity index (χ3v) is 4.18. The summed E-state index contributed by atoms with van der Waals surface area (Å²) in [6.07, 6.45) is 2.24. The van der Waals surface area contributed by atoms with Crippen LogP contribution in [0.15, 0.2) is 24.3 Å². The van der Waals surface area contributed by atoms with Gasteiger partial charge in [-0.25, -0.2) is 0 Å². The van der Waals surface area contributed by atoms with Crippen LogP contribution in [-0.4, -0.2) is 25.5 Å². The van der Waals surface area contributed by atoms with Crippen molar-refractivity contribution in [2.45, 2.75) is 39.7 Å². The number of aryl methyl sites for hydroxylation is 1. The number of amides is 1. The van der Waals surface area contributed by atoms with Crippen LogP contribution in [0.1, 0.15) is 32.3 Å². The van der Waals surface area contributed by atoms with Crippen LogP contribution < -0.4 is 10.2 Å². The van der Waals surface area contributed by atoms with Crippen LogP contribution in [0.25, 0.3) is 0 Å². The van der Waals surface area contributed by atoms with E-state index in [-0.39, 0.29) is 17.4 Å². The van der Waals surface area contributed by atoms with Gasteiger partial charge in [-0.1, -0.05) is 32.0 Å². The number of piperidine rings is 1. The molecule has 1 saturated heterocycles. The molecule has 1 amide bonds. The second kappa shape index (κ2) is 5.33. The van der Waals surface area contributed by atoms with Gasteiger partial charge in [-0.05, 0) is 43.4 Å². The molecule has 0 spiro atoms. The number of anilines is 1. The molecular weight excluding hydrogens is 236 g/mol. The van der Waals surface area contributed by atoms with Crippen molar-refractivity contribution in [2.75, 3.05) is 18.5 Å². The maximum absolute atomic E-state index is 12.7. The molecule has 1 aliphatic rings. The Morgan fingerprint density at radius 3 is 2.68 bits per heavy atom. The summed E-state index contributed by atoms with van der Waals surface area (Å²) in [5.41, 5.74) is 2.15. The first-order valence-corrected chi connectivity index (χ1v) is 7.00. The Morgan fingerprint density at radius 2 is 2.05 bits per heavy atom. The van der Waals surface area contributed by atoms with Gasteiger partial charge in [0, 0.05) is 12.7 Å². The quantitative estimate of drug-likeness (QED) is 0.886. The zero-order chi connectivity index (χ0) is 14.0. The zero-order valence-corrected chi connectivity index (χ0v) is 12.4. The molecule has 0 saturated carbocycles. The lowest BCUT2D eigenvalue weighted by atomic mass is 9.77. The number of nitrogens with one attached hydrogen (secondary N) is 1. The molecule has 0 radical (unpaired) electrons. The summed E-state index contributed by atoms with van der Waals surface area (Å²) in [5, 5.41) is 3.39. The summed E-state index contributed by atoms with van der Waals surface area (Å²) in [4.78, 5) is 14.5. The number of para-hydroxylation sites is 1. The normalized spacial score (nSPS) is 22.0. The Labute approximate surface area is 116 Å². The SMILES string of the molecule is Cc1ccccc1N(C)C(=O)C1NCCCC1(C)C. The number of carbonyl (C=O) groups excluding carboxylic acids is 1. The van der Waals surface area contributed by atoms with Crippen LogP contribution in [0.2, 0.25) is 0 Å². The number of likely N-dealkylation sites (N-methyl/N-ethyl adjacent to an activating group) is 1. The number of nitrogens with zero attached hydrogens (tertiary/aromatic N) is 1. The summed E-state index contributed by atoms with van der Waals surface area (Å²) in [5.74, 6) is 0.166. The van der Waals surface area contributed by atoms with E-state index in [1.54, 1.807) is 4.90 Å². The predicted molar refractivity (Wildman–Crippen MR) is 79.4 cm³/mol. The Morgan fingerprint density at radius 1 is 1.37 bits per heavy atom. The highest BCUT2D eigenvalue weighted by Crippen LogP contribution is 2.32. The molecule has 1 unspecified atom stereocenters. The standard InChI is InChI=1S/C16H24N2O/c1-12-8-5-6-9-13(12)18(4)15(19)14-16(2,3)10-7-11-17-14/h5-6,8-9,14,17H,7,10-11H2,1-4H3. The van der Waals surface area contributed by atoms with Crippen LogP contribution in [0.5, 0.6) is 0 Å². The van der Waals surface area contributed by atoms with Gasteiger partial charge in [-0.2, -0.15) is 0 Å². The number of hydrogen-bond acceptors (Lipinski definition) is 2. The van der Waals surface area contributed by atoms with E-state index in [1.807, 2.05) is 38.2 Å². The van der Waals surface area contributed by atoms with E-state index in [0.29, 0.717) is 0 Å². The highest BCUT2D eigenvalue weighted by Gasteiger charge is 2.38. The van der Waals surface area contributed by atoms with E-state index in [9.17, 15) is 4.79 Å². The molecule has 1 aliphatic heterocycles. The van der Waals surface area contributed by atoms with E-state index in [0.717, 1.165) is 30.6 Å². The van der Waals surface area contributed by atoms with Gasteiger partial charge in [-0.3, -0.25) is 4.79 Å². The second-order valence-electron chi connectivity index (χ2n) is 6.16. The molecule has 0 bridgehead atoms. The molecule has 1 N–H and O–H groups in total. The third-order valence-electron chi connectivity index (χ3n) is 4.18. The smallest absolute Gasteiger partial charge is 0.244 e. The molecule has 0 aliphatic carbocycles. The van der Waals surface area contributed by atoms with Crippen LogP contribution in [-0.2, 0) is 4.79 Å². The van der Waals surface area contributed by atoms with E-state index in [2.05, 4.69) is 19.2 Å². The van der Waals surface area contributed by atoms with Gasteiger partial charge in [0.05, 0.1) is 6.04 Å². The van der Waals surface area contributed by atoms with Gasteiger partial charge in [0.2, 0.25) is 5.91 Å². The van der Waals surface area contributed by atoms with Crippen LogP contribution >= 0.6 is 0 Å². The average Bonchev–Trinajstić information content (AvgIpc) is 2.37. The molecular formula is C16H24N2O. The van der Waals surface area contributed by atoms with Gasteiger partial charge >= 0.3 is 0 Å². The minimum atomic E-state index is -0.0918. The molecule has 1 fully saturated rings. The Kier molecular flexibility index (Phi) is 3.95. The number of benzene rings is 1. The van der Waals surface area contributed by atoms with Gasteiger partial charge < -0.3 is 10.2 Å². The molecule has 104 valence electrons. The van der Waals surface area contributed by atoms with E-state index in [4.69, 9.17) is 0 Å². The van der Waals surface area contributed by atoms with E-state index >= 15 is 0 Å². The van der Waals surface area contributed by atoms with Gasteiger partial charge in [0.15, 0.2) is 0 Å². The highest BCUT2D eigenvalue weighted by atomic mass is 16.2. The maximum atomic E-state index is 12.7. The fourth-order valence-electron chi connectivity index (χ4n) is 2.88. The van der Waals surface area contributed by atoms with Crippen molar-refractivity contribution < 1.29 is 4.79 Å². The summed E-state index contributed by atoms with van der Waals surface area (Å²) >= 11 is 0. The van der Waals surface area contributed by atoms with Crippen molar-refractivity contribution in [2.24, 2.45) is 5.41 Å². The first-order chi connectivity index (χ1) is 8.93. The monoisotopic (exact) mass is 260 g/mol. The van der Waals surface area contributed by atoms with Crippen molar-refractivity contribution in [3.05, 3.63) is 29.8 Å². The average molecular weight is 260 g/mol. The molecule has 1 atom stereocenters. The van der Waals surface area contributed by atoms with Crippen LogP contribution in [0.4, 0.5) is 5.69 Å². The lowest BCUT2D eigenvalue weighted by Crippen LogP contribution is -2.56. The van der Waals surface area contributed by atoms with Crippen LogP contribution in [0.3, 0.4) is 0 Å². The highest BCUT2D eigenvalue weighted by molar-refractivity contribution is 5.97. The third kappa shape index (κ3) is 2.81. The molecule has 3 nitrogen and oxygen atoms in total. The Balaban J connectivity index is 2.22. The summed E-state index contributed by atoms with van der Waals surface area (Å²) in [6.45, 7) is 7.32. The van der Waals surface area contributed by atoms with Gasteiger partial charge in [-0.15, -0.1) is 0 Å². The van der Waals surface area contributed by atoms with E-state index < -0.39 is 0 Å². The molecule has 1 aromatic rings. The largest absolute Gasteiger partial charge is 0.314 e. The Bertz CT molecular complexity index is 468. The van der Waals surface area contributed by atoms with Crippen molar-refractivity contribution in [1.29, 1.82) is 0 Å². The fraction of sp³-hybridized carbons (Fsp3) is 0.562. The number of hydrogen-bond donors (Lipinski definition) is 1. The minimum absolute atomic E-state index is 0.0201. The first-order valence-electron chi connectivity index (χ1n) is 7.00. The topological polar surface area (TPSA) is 32.3 Å². The lowest BCUT2D eigenvalue weighted by molar-refractivity contribution is -0.123. The minimum Gasteiger partial charge on any atom is -0.314 e. The molecule has 0 aromatic heterocycles. The lowest BCUT2D eigenvalue weighted by Gasteiger charge is -2.40. The number of rotatable bonds is 2. The van der Waals surface area contributed by atoms with Crippen molar-refractivity contribution in [3.63, 3.8) is 0 Å². The van der Waals surface area contributed by atoms with Gasteiger partial charge in [0.25, 0.3) is 0 Å². The van der Waals surface area contributed by atoms with Crippen molar-refractivity contribution in [3.8, 4) is 0 Å². The maximum Gasteiger partial charge on any atom is 0.244 e. The molecule has 2 rings (SSSR count). The molecule has 19 heavy (non-hydrogen) atoms. The Hall–Kier alpha value is -1.35. The summed E-state index contributed by atoms with van der Waals surface area (Å²) in [7, 11) is 1.87. The number of carbonyl (C=O) groups is 1. The summed E-state index contributed by atoms with van der Waals surface area (Å²) in [6, 6.07) is 7.93. The second-order valence-corrected chi connectivity index (χ2v) is 6.16. The van der Waals surface area contributed by atoms with Crippen LogP contribution in [0, 0.1) is 12.3 Å². The fourth-order valence-corrected chi connectivity index (χ4v) is 2.88. The predicted octanol–water partition coefficient (Wildman–Crippen LogP) is 2.74. The first kappa shape index (κ1) is 14.1. The van der Waals surface area contributed by atoms with Gasteiger partial charge in [0.1, 0.15) is 0 Å².